The second-order valence-corrected chi connectivity index (χ2v) is 6.08. The first-order valence-electron chi connectivity index (χ1n) is 7.59. The summed E-state index contributed by atoms with van der Waals surface area (Å²) in [6.07, 6.45) is 2.03. The molecule has 4 radical (unpaired) electrons. The Morgan fingerprint density at radius 3 is 0.769 bits per heavy atom. The average Bonchev–Trinajstić information content (AvgIpc) is 2.53. The van der Waals surface area contributed by atoms with E-state index >= 15 is 0 Å². The van der Waals surface area contributed by atoms with Crippen LogP contribution in [0.3, 0.4) is 0 Å². The van der Waals surface area contributed by atoms with E-state index in [1.54, 1.807) is 0 Å². The monoisotopic (exact) mass is 742 g/mol. The SMILES string of the molecule is [S-]CCCOC(OCCC[S-])C(OCCC[S-])OCCC[S-].[Y].[Y].[Y].[Y]. The zero-order chi connectivity index (χ0) is 16.5. The van der Waals surface area contributed by atoms with Gasteiger partial charge in [-0.25, -0.2) is 0 Å². The van der Waals surface area contributed by atoms with E-state index in [0.717, 1.165) is 25.7 Å². The zero-order valence-electron chi connectivity index (χ0n) is 15.2. The van der Waals surface area contributed by atoms with Crippen LogP contribution in [0.1, 0.15) is 25.7 Å². The van der Waals surface area contributed by atoms with Gasteiger partial charge in [0.25, 0.3) is 0 Å². The fraction of sp³-hybridized carbons (Fsp3) is 1.00. The molecule has 0 aliphatic heterocycles. The van der Waals surface area contributed by atoms with Gasteiger partial charge in [-0.3, -0.25) is 0 Å². The van der Waals surface area contributed by atoms with Crippen molar-refractivity contribution in [1.82, 2.24) is 0 Å². The van der Waals surface area contributed by atoms with Gasteiger partial charge in [0.2, 0.25) is 12.6 Å². The molecule has 0 aliphatic carbocycles. The Bertz CT molecular complexity index is 199. The van der Waals surface area contributed by atoms with Gasteiger partial charge in [0.05, 0.1) is 0 Å². The summed E-state index contributed by atoms with van der Waals surface area (Å²) in [5.74, 6) is 2.60. The van der Waals surface area contributed by atoms with Crippen molar-refractivity contribution in [2.45, 2.75) is 38.3 Å². The molecule has 0 saturated heterocycles. The Balaban J connectivity index is -0.000000367. The molecule has 26 heavy (non-hydrogen) atoms. The van der Waals surface area contributed by atoms with E-state index in [0.29, 0.717) is 49.4 Å². The molecule has 0 aromatic heterocycles. The van der Waals surface area contributed by atoms with Crippen molar-refractivity contribution in [2.24, 2.45) is 0 Å². The molecule has 0 fully saturated rings. The van der Waals surface area contributed by atoms with Gasteiger partial charge in [0, 0.05) is 157 Å². The summed E-state index contributed by atoms with van der Waals surface area (Å²) in [6.45, 7) is 2.08. The molecule has 146 valence electrons. The van der Waals surface area contributed by atoms with E-state index in [4.69, 9.17) is 69.5 Å². The van der Waals surface area contributed by atoms with Gasteiger partial charge >= 0.3 is 0 Å². The van der Waals surface area contributed by atoms with Crippen molar-refractivity contribution in [1.29, 1.82) is 0 Å². The molecule has 0 N–H and O–H groups in total. The van der Waals surface area contributed by atoms with Crippen LogP contribution in [0.15, 0.2) is 0 Å². The van der Waals surface area contributed by atoms with Crippen LogP contribution < -0.4 is 0 Å². The molecule has 0 heterocycles. The van der Waals surface area contributed by atoms with Crippen molar-refractivity contribution in [3.8, 4) is 0 Å². The standard InChI is InChI=1S/C14H30O4S4.4Y/c19-9-1-5-15-13(16-6-2-10-20)14(17-7-3-11-21)18-8-4-12-22;;;;/h13-14,19-22H,1-12H2;;;;/p-4. The second kappa shape index (κ2) is 35.2. The summed E-state index contributed by atoms with van der Waals surface area (Å²) < 4.78 is 22.9. The summed E-state index contributed by atoms with van der Waals surface area (Å²) in [5, 5.41) is 0. The fourth-order valence-electron chi connectivity index (χ4n) is 1.44. The van der Waals surface area contributed by atoms with Crippen LogP contribution in [0.25, 0.3) is 0 Å². The van der Waals surface area contributed by atoms with Crippen molar-refractivity contribution >= 4 is 50.5 Å². The Labute approximate surface area is 282 Å². The van der Waals surface area contributed by atoms with Crippen molar-refractivity contribution < 1.29 is 150 Å². The first kappa shape index (κ1) is 41.9. The van der Waals surface area contributed by atoms with E-state index in [1.807, 2.05) is 0 Å². The molecule has 0 spiro atoms. The third kappa shape index (κ3) is 27.7. The van der Waals surface area contributed by atoms with Crippen LogP contribution in [-0.2, 0) is 200 Å². The predicted octanol–water partition coefficient (Wildman–Crippen LogP) is 1.44. The maximum atomic E-state index is 5.73. The van der Waals surface area contributed by atoms with E-state index < -0.39 is 12.6 Å². The van der Waals surface area contributed by atoms with E-state index in [9.17, 15) is 0 Å². The molecule has 0 aromatic carbocycles. The van der Waals surface area contributed by atoms with Gasteiger partial charge in [0.15, 0.2) is 0 Å². The van der Waals surface area contributed by atoms with Crippen LogP contribution in [0.4, 0.5) is 0 Å². The number of ether oxygens (including phenoxy) is 4. The first-order chi connectivity index (χ1) is 10.8. The second-order valence-electron chi connectivity index (χ2n) is 4.45. The minimum Gasteiger partial charge on any atom is -0.793 e. The number of hydrogen-bond donors (Lipinski definition) is 0. The van der Waals surface area contributed by atoms with Gasteiger partial charge in [0.1, 0.15) is 0 Å². The topological polar surface area (TPSA) is 36.9 Å². The third-order valence-electron chi connectivity index (χ3n) is 2.51. The van der Waals surface area contributed by atoms with Gasteiger partial charge in [-0.05, 0) is 0 Å². The quantitative estimate of drug-likeness (QED) is 0.126. The van der Waals surface area contributed by atoms with Crippen LogP contribution in [-0.4, -0.2) is 62.0 Å². The molecule has 0 bridgehead atoms. The van der Waals surface area contributed by atoms with Crippen molar-refractivity contribution in [2.75, 3.05) is 49.4 Å². The molecule has 0 amide bonds. The summed E-state index contributed by atoms with van der Waals surface area (Å²) in [7, 11) is 0. The van der Waals surface area contributed by atoms with E-state index in [2.05, 4.69) is 0 Å². The number of rotatable bonds is 17. The Kier molecular flexibility index (Phi) is 56.8. The van der Waals surface area contributed by atoms with E-state index in [1.165, 1.54) is 0 Å². The molecule has 0 unspecified atom stereocenters. The molecule has 0 saturated carbocycles. The molecular formula is C14H26O4S4Y4-4. The van der Waals surface area contributed by atoms with Crippen molar-refractivity contribution in [3.05, 3.63) is 0 Å². The molecular weight excluding hydrogens is 716 g/mol. The molecule has 12 heteroatoms. The first-order valence-corrected chi connectivity index (χ1v) is 9.89. The molecule has 0 rings (SSSR count). The normalized spacial score (nSPS) is 9.92. The van der Waals surface area contributed by atoms with Crippen molar-refractivity contribution in [3.63, 3.8) is 0 Å². The maximum Gasteiger partial charge on any atom is 0.209 e. The van der Waals surface area contributed by atoms with E-state index in [-0.39, 0.29) is 131 Å². The van der Waals surface area contributed by atoms with Crippen LogP contribution in [0.2, 0.25) is 0 Å². The molecule has 0 aliphatic rings. The Morgan fingerprint density at radius 1 is 0.423 bits per heavy atom. The Hall–Kier alpha value is 5.66. The third-order valence-corrected chi connectivity index (χ3v) is 3.66. The summed E-state index contributed by atoms with van der Waals surface area (Å²) >= 11 is 19.7. The molecule has 0 atom stereocenters. The summed E-state index contributed by atoms with van der Waals surface area (Å²) in [5.41, 5.74) is 0. The van der Waals surface area contributed by atoms with Crippen LogP contribution >= 0.6 is 0 Å². The molecule has 0 aromatic rings. The van der Waals surface area contributed by atoms with Gasteiger partial charge in [-0.1, -0.05) is 25.7 Å². The summed E-state index contributed by atoms with van der Waals surface area (Å²) in [4.78, 5) is 0. The van der Waals surface area contributed by atoms with Gasteiger partial charge < -0.3 is 69.5 Å². The average molecular weight is 742 g/mol. The van der Waals surface area contributed by atoms with Crippen LogP contribution in [0.5, 0.6) is 0 Å². The van der Waals surface area contributed by atoms with Crippen LogP contribution in [0, 0.1) is 0 Å². The maximum absolute atomic E-state index is 5.73. The van der Waals surface area contributed by atoms with Gasteiger partial charge in [-0.2, -0.15) is 23.0 Å². The van der Waals surface area contributed by atoms with Gasteiger partial charge in [-0.15, -0.1) is 0 Å². The smallest absolute Gasteiger partial charge is 0.209 e. The predicted molar refractivity (Wildman–Crippen MR) is 98.8 cm³/mol. The fourth-order valence-corrected chi connectivity index (χ4v) is 1.92. The zero-order valence-corrected chi connectivity index (χ0v) is 29.8. The molecule has 4 nitrogen and oxygen atoms in total. The Morgan fingerprint density at radius 2 is 0.615 bits per heavy atom. The number of hydrogen-bond acceptors (Lipinski definition) is 8. The summed E-state index contributed by atoms with van der Waals surface area (Å²) in [6, 6.07) is 0. The largest absolute Gasteiger partial charge is 0.793 e. The minimum atomic E-state index is -0.571. The minimum absolute atomic E-state index is 0.